The molecule has 1 fully saturated rings. The Morgan fingerprint density at radius 2 is 1.69 bits per heavy atom. The van der Waals surface area contributed by atoms with Crippen LogP contribution >= 0.6 is 11.6 Å². The van der Waals surface area contributed by atoms with Crippen LogP contribution in [0.15, 0.2) is 78.9 Å². The van der Waals surface area contributed by atoms with Gasteiger partial charge >= 0.3 is 0 Å². The molecule has 2 heterocycles. The zero-order valence-corrected chi connectivity index (χ0v) is 20.5. The minimum atomic E-state index is 0.116. The SMILES string of the molecule is O=C1CC(c2nc3ccccc3n2CCCCOc2ccccc2Cl)CN1CCc1ccccc1. The molecular weight excluding hydrogens is 458 g/mol. The van der Waals surface area contributed by atoms with E-state index in [2.05, 4.69) is 34.9 Å². The molecule has 0 radical (unpaired) electrons. The highest BCUT2D eigenvalue weighted by Crippen LogP contribution is 2.31. The summed E-state index contributed by atoms with van der Waals surface area (Å²) < 4.78 is 8.17. The standard InChI is InChI=1S/C29H30ClN3O2/c30-24-12-4-7-15-27(24)35-19-9-8-17-33-26-14-6-5-13-25(26)31-29(33)23-20-28(34)32(21-23)18-16-22-10-2-1-3-11-22/h1-7,10-15,23H,8-9,16-21H2. The summed E-state index contributed by atoms with van der Waals surface area (Å²) in [7, 11) is 0. The fraction of sp³-hybridized carbons (Fsp3) is 0.310. The molecule has 1 unspecified atom stereocenters. The van der Waals surface area contributed by atoms with Gasteiger partial charge in [0.25, 0.3) is 0 Å². The number of likely N-dealkylation sites (tertiary alicyclic amines) is 1. The lowest BCUT2D eigenvalue weighted by atomic mass is 10.1. The van der Waals surface area contributed by atoms with Gasteiger partial charge in [-0.25, -0.2) is 4.98 Å². The fourth-order valence-electron chi connectivity index (χ4n) is 4.83. The number of hydrogen-bond donors (Lipinski definition) is 0. The summed E-state index contributed by atoms with van der Waals surface area (Å²) in [5.41, 5.74) is 3.38. The predicted molar refractivity (Wildman–Crippen MR) is 140 cm³/mol. The van der Waals surface area contributed by atoms with Gasteiger partial charge in [-0.3, -0.25) is 4.79 Å². The number of imidazole rings is 1. The van der Waals surface area contributed by atoms with E-state index in [0.717, 1.165) is 61.5 Å². The molecule has 0 saturated carbocycles. The smallest absolute Gasteiger partial charge is 0.223 e. The largest absolute Gasteiger partial charge is 0.492 e. The van der Waals surface area contributed by atoms with Crippen LogP contribution in [-0.2, 0) is 17.8 Å². The molecule has 5 rings (SSSR count). The summed E-state index contributed by atoms with van der Waals surface area (Å²) in [5.74, 6) is 2.08. The Bertz CT molecular complexity index is 1290. The van der Waals surface area contributed by atoms with Crippen molar-refractivity contribution in [2.75, 3.05) is 19.7 Å². The van der Waals surface area contributed by atoms with Gasteiger partial charge in [0, 0.05) is 32.0 Å². The lowest BCUT2D eigenvalue weighted by Crippen LogP contribution is -2.27. The molecule has 0 bridgehead atoms. The average molecular weight is 488 g/mol. The first kappa shape index (κ1) is 23.4. The molecule has 35 heavy (non-hydrogen) atoms. The fourth-order valence-corrected chi connectivity index (χ4v) is 5.02. The lowest BCUT2D eigenvalue weighted by molar-refractivity contribution is -0.127. The Hall–Kier alpha value is -3.31. The summed E-state index contributed by atoms with van der Waals surface area (Å²) in [6.07, 6.45) is 3.26. The zero-order valence-electron chi connectivity index (χ0n) is 19.8. The maximum atomic E-state index is 12.8. The Labute approximate surface area is 211 Å². The maximum absolute atomic E-state index is 12.8. The summed E-state index contributed by atoms with van der Waals surface area (Å²) in [6.45, 7) is 2.93. The van der Waals surface area contributed by atoms with Crippen molar-refractivity contribution in [2.45, 2.75) is 38.1 Å². The molecule has 3 aromatic carbocycles. The molecule has 5 nitrogen and oxygen atoms in total. The number of rotatable bonds is 10. The number of fused-ring (bicyclic) bond motifs is 1. The van der Waals surface area contributed by atoms with E-state index in [4.69, 9.17) is 21.3 Å². The summed E-state index contributed by atoms with van der Waals surface area (Å²) in [6, 6.07) is 26.2. The van der Waals surface area contributed by atoms with Gasteiger partial charge in [-0.05, 0) is 49.1 Å². The van der Waals surface area contributed by atoms with Crippen LogP contribution in [0.4, 0.5) is 0 Å². The molecule has 1 saturated heterocycles. The number of benzene rings is 3. The summed E-state index contributed by atoms with van der Waals surface area (Å²) in [4.78, 5) is 19.8. The zero-order chi connectivity index (χ0) is 24.0. The second-order valence-electron chi connectivity index (χ2n) is 9.07. The number of para-hydroxylation sites is 3. The first-order valence-corrected chi connectivity index (χ1v) is 12.7. The van der Waals surface area contributed by atoms with Gasteiger partial charge in [-0.2, -0.15) is 0 Å². The van der Waals surface area contributed by atoms with Crippen molar-refractivity contribution in [1.29, 1.82) is 0 Å². The number of hydrogen-bond acceptors (Lipinski definition) is 3. The van der Waals surface area contributed by atoms with Crippen molar-refractivity contribution in [3.05, 3.63) is 95.3 Å². The molecule has 1 aromatic heterocycles. The van der Waals surface area contributed by atoms with Gasteiger partial charge in [0.2, 0.25) is 5.91 Å². The third-order valence-corrected chi connectivity index (χ3v) is 6.96. The van der Waals surface area contributed by atoms with E-state index in [1.54, 1.807) is 0 Å². The predicted octanol–water partition coefficient (Wildman–Crippen LogP) is 6.11. The van der Waals surface area contributed by atoms with E-state index in [1.165, 1.54) is 5.56 Å². The van der Waals surface area contributed by atoms with Crippen molar-refractivity contribution in [1.82, 2.24) is 14.5 Å². The Morgan fingerprint density at radius 1 is 0.914 bits per heavy atom. The topological polar surface area (TPSA) is 47.4 Å². The van der Waals surface area contributed by atoms with Crippen LogP contribution in [-0.4, -0.2) is 40.1 Å². The van der Waals surface area contributed by atoms with E-state index < -0.39 is 0 Å². The Morgan fingerprint density at radius 3 is 2.54 bits per heavy atom. The molecule has 6 heteroatoms. The number of carbonyl (C=O) groups is 1. The average Bonchev–Trinajstić information content (AvgIpc) is 3.44. The Kier molecular flexibility index (Phi) is 7.34. The number of halogens is 1. The first-order valence-electron chi connectivity index (χ1n) is 12.3. The number of unbranched alkanes of at least 4 members (excludes halogenated alkanes) is 1. The monoisotopic (exact) mass is 487 g/mol. The number of aryl methyl sites for hydroxylation is 1. The summed E-state index contributed by atoms with van der Waals surface area (Å²) >= 11 is 6.19. The maximum Gasteiger partial charge on any atom is 0.223 e. The third-order valence-electron chi connectivity index (χ3n) is 6.65. The van der Waals surface area contributed by atoms with E-state index in [-0.39, 0.29) is 11.8 Å². The van der Waals surface area contributed by atoms with Gasteiger partial charge in [0.15, 0.2) is 0 Å². The van der Waals surface area contributed by atoms with Crippen LogP contribution in [0.25, 0.3) is 11.0 Å². The van der Waals surface area contributed by atoms with E-state index in [9.17, 15) is 4.79 Å². The molecule has 4 aromatic rings. The quantitative estimate of drug-likeness (QED) is 0.254. The molecule has 1 atom stereocenters. The van der Waals surface area contributed by atoms with Crippen LogP contribution in [0.5, 0.6) is 5.75 Å². The highest BCUT2D eigenvalue weighted by atomic mass is 35.5. The van der Waals surface area contributed by atoms with E-state index >= 15 is 0 Å². The highest BCUT2D eigenvalue weighted by molar-refractivity contribution is 6.32. The van der Waals surface area contributed by atoms with Gasteiger partial charge in [-0.15, -0.1) is 0 Å². The second kappa shape index (κ2) is 11.0. The minimum Gasteiger partial charge on any atom is -0.492 e. The van der Waals surface area contributed by atoms with Gasteiger partial charge < -0.3 is 14.2 Å². The number of ether oxygens (including phenoxy) is 1. The van der Waals surface area contributed by atoms with Crippen LogP contribution in [0.3, 0.4) is 0 Å². The van der Waals surface area contributed by atoms with Crippen LogP contribution in [0.1, 0.15) is 36.6 Å². The van der Waals surface area contributed by atoms with Crippen LogP contribution in [0, 0.1) is 0 Å². The van der Waals surface area contributed by atoms with Gasteiger partial charge in [-0.1, -0.05) is 66.2 Å². The molecule has 0 aliphatic carbocycles. The highest BCUT2D eigenvalue weighted by Gasteiger charge is 2.33. The normalized spacial score (nSPS) is 15.7. The van der Waals surface area contributed by atoms with E-state index in [0.29, 0.717) is 18.1 Å². The molecule has 1 aliphatic heterocycles. The van der Waals surface area contributed by atoms with Gasteiger partial charge in [0.1, 0.15) is 11.6 Å². The minimum absolute atomic E-state index is 0.116. The van der Waals surface area contributed by atoms with Crippen molar-refractivity contribution >= 4 is 28.5 Å². The van der Waals surface area contributed by atoms with Crippen molar-refractivity contribution in [3.8, 4) is 5.75 Å². The second-order valence-corrected chi connectivity index (χ2v) is 9.48. The number of carbonyl (C=O) groups excluding carboxylic acids is 1. The molecule has 1 amide bonds. The third kappa shape index (κ3) is 5.51. The van der Waals surface area contributed by atoms with E-state index in [1.807, 2.05) is 53.4 Å². The number of aromatic nitrogens is 2. The number of amides is 1. The van der Waals surface area contributed by atoms with Crippen LogP contribution < -0.4 is 4.74 Å². The Balaban J connectivity index is 1.23. The van der Waals surface area contributed by atoms with Crippen LogP contribution in [0.2, 0.25) is 5.02 Å². The molecule has 180 valence electrons. The number of nitrogens with zero attached hydrogens (tertiary/aromatic N) is 3. The molecular formula is C29H30ClN3O2. The van der Waals surface area contributed by atoms with Crippen molar-refractivity contribution in [2.24, 2.45) is 0 Å². The van der Waals surface area contributed by atoms with Crippen molar-refractivity contribution in [3.63, 3.8) is 0 Å². The van der Waals surface area contributed by atoms with Crippen molar-refractivity contribution < 1.29 is 9.53 Å². The molecule has 1 aliphatic rings. The molecule has 0 spiro atoms. The first-order chi connectivity index (χ1) is 17.2. The summed E-state index contributed by atoms with van der Waals surface area (Å²) in [5, 5.41) is 0.637. The van der Waals surface area contributed by atoms with Gasteiger partial charge in [0.05, 0.1) is 22.7 Å². The molecule has 0 N–H and O–H groups in total. The lowest BCUT2D eigenvalue weighted by Gasteiger charge is -2.17.